The first-order chi connectivity index (χ1) is 12.5. The van der Waals surface area contributed by atoms with E-state index >= 15 is 0 Å². The van der Waals surface area contributed by atoms with E-state index in [1.807, 2.05) is 18.2 Å². The molecule has 3 aliphatic rings. The molecule has 2 aliphatic carbocycles. The second kappa shape index (κ2) is 5.45. The van der Waals surface area contributed by atoms with Crippen LogP contribution in [0.4, 0.5) is 14.7 Å². The van der Waals surface area contributed by atoms with Gasteiger partial charge in [-0.1, -0.05) is 6.07 Å². The van der Waals surface area contributed by atoms with Crippen molar-refractivity contribution in [1.82, 2.24) is 19.9 Å². The Morgan fingerprint density at radius 3 is 2.62 bits per heavy atom. The van der Waals surface area contributed by atoms with E-state index in [9.17, 15) is 13.6 Å². The fourth-order valence-corrected chi connectivity index (χ4v) is 4.34. The monoisotopic (exact) mass is 361 g/mol. The second-order valence-corrected chi connectivity index (χ2v) is 8.04. The van der Waals surface area contributed by atoms with E-state index in [0.29, 0.717) is 17.0 Å². The lowest BCUT2D eigenvalue weighted by Crippen LogP contribution is -2.54. The molecular weight excluding hydrogens is 340 g/mol. The molecule has 1 atom stereocenters. The van der Waals surface area contributed by atoms with Gasteiger partial charge >= 0.3 is 0 Å². The summed E-state index contributed by atoms with van der Waals surface area (Å²) in [6.45, 7) is 2.24. The van der Waals surface area contributed by atoms with Gasteiger partial charge in [0.1, 0.15) is 5.92 Å². The molecule has 3 fully saturated rings. The highest BCUT2D eigenvalue weighted by Crippen LogP contribution is 2.49. The average molecular weight is 361 g/mol. The highest BCUT2D eigenvalue weighted by Gasteiger charge is 2.61. The molecule has 26 heavy (non-hydrogen) atoms. The SMILES string of the molecule is O=C(Nc1nc2cccc(C3CCC4(CC3)CNC4)n2n1)[C@@H]1CC1(F)F. The summed E-state index contributed by atoms with van der Waals surface area (Å²) in [5, 5.41) is 10.2. The third kappa shape index (κ3) is 2.58. The van der Waals surface area contributed by atoms with E-state index < -0.39 is 24.2 Å². The van der Waals surface area contributed by atoms with Gasteiger partial charge in [0.25, 0.3) is 5.92 Å². The standard InChI is InChI=1S/C18H21F2N5O/c19-18(20)8-12(18)15(26)23-16-22-14-3-1-2-13(25(14)24-16)11-4-6-17(7-5-11)9-21-10-17/h1-3,11-12,21H,4-10H2,(H,23,24,26)/t12-/m0/s1. The molecule has 6 nitrogen and oxygen atoms in total. The summed E-state index contributed by atoms with van der Waals surface area (Å²) in [4.78, 5) is 16.2. The summed E-state index contributed by atoms with van der Waals surface area (Å²) in [6, 6.07) is 5.80. The first-order valence-corrected chi connectivity index (χ1v) is 9.21. The molecule has 0 bridgehead atoms. The van der Waals surface area contributed by atoms with E-state index in [4.69, 9.17) is 0 Å². The van der Waals surface area contributed by atoms with Crippen LogP contribution in [0.1, 0.15) is 43.7 Å². The molecule has 2 saturated carbocycles. The minimum absolute atomic E-state index is 0.0978. The van der Waals surface area contributed by atoms with E-state index in [1.54, 1.807) is 4.52 Å². The lowest BCUT2D eigenvalue weighted by molar-refractivity contribution is -0.119. The van der Waals surface area contributed by atoms with E-state index in [-0.39, 0.29) is 5.95 Å². The Balaban J connectivity index is 1.36. The van der Waals surface area contributed by atoms with Crippen LogP contribution in [-0.2, 0) is 4.79 Å². The number of carbonyl (C=O) groups is 1. The predicted molar refractivity (Wildman–Crippen MR) is 91.2 cm³/mol. The molecule has 2 N–H and O–H groups in total. The summed E-state index contributed by atoms with van der Waals surface area (Å²) in [7, 11) is 0. The second-order valence-electron chi connectivity index (χ2n) is 8.04. The zero-order chi connectivity index (χ0) is 17.9. The first-order valence-electron chi connectivity index (χ1n) is 9.21. The number of aromatic nitrogens is 3. The summed E-state index contributed by atoms with van der Waals surface area (Å²) in [6.07, 6.45) is 4.23. The summed E-state index contributed by atoms with van der Waals surface area (Å²) in [5.74, 6) is -4.34. The van der Waals surface area contributed by atoms with Crippen LogP contribution in [0.5, 0.6) is 0 Å². The number of anilines is 1. The van der Waals surface area contributed by atoms with Crippen molar-refractivity contribution in [2.45, 2.75) is 43.9 Å². The third-order valence-electron chi connectivity index (χ3n) is 6.23. The number of halogens is 2. The van der Waals surface area contributed by atoms with Gasteiger partial charge in [0, 0.05) is 31.1 Å². The molecule has 8 heteroatoms. The molecular formula is C18H21F2N5O. The van der Waals surface area contributed by atoms with Crippen molar-refractivity contribution >= 4 is 17.5 Å². The Hall–Kier alpha value is -2.09. The van der Waals surface area contributed by atoms with Crippen molar-refractivity contribution in [3.8, 4) is 0 Å². The predicted octanol–water partition coefficient (Wildman–Crippen LogP) is 2.57. The first kappa shape index (κ1) is 16.1. The van der Waals surface area contributed by atoms with Gasteiger partial charge in [0.15, 0.2) is 5.65 Å². The van der Waals surface area contributed by atoms with Crippen LogP contribution in [0.2, 0.25) is 0 Å². The molecule has 0 aromatic carbocycles. The molecule has 1 amide bonds. The topological polar surface area (TPSA) is 71.3 Å². The average Bonchev–Trinajstić information content (AvgIpc) is 3.05. The number of nitrogens with zero attached hydrogens (tertiary/aromatic N) is 3. The number of nitrogens with one attached hydrogen (secondary N) is 2. The maximum atomic E-state index is 13.0. The molecule has 1 aliphatic heterocycles. The lowest BCUT2D eigenvalue weighted by atomic mass is 9.66. The summed E-state index contributed by atoms with van der Waals surface area (Å²) in [5.41, 5.74) is 2.20. The van der Waals surface area contributed by atoms with E-state index in [2.05, 4.69) is 20.7 Å². The van der Waals surface area contributed by atoms with Gasteiger partial charge in [-0.15, -0.1) is 5.10 Å². The third-order valence-corrected chi connectivity index (χ3v) is 6.23. The van der Waals surface area contributed by atoms with Crippen molar-refractivity contribution in [3.63, 3.8) is 0 Å². The van der Waals surface area contributed by atoms with Crippen LogP contribution < -0.4 is 10.6 Å². The van der Waals surface area contributed by atoms with Crippen molar-refractivity contribution in [3.05, 3.63) is 23.9 Å². The lowest BCUT2D eigenvalue weighted by Gasteiger charge is -2.47. The fraction of sp³-hybridized carbons (Fsp3) is 0.611. The highest BCUT2D eigenvalue weighted by molar-refractivity contribution is 5.94. The molecule has 0 radical (unpaired) electrons. The van der Waals surface area contributed by atoms with E-state index in [0.717, 1.165) is 31.6 Å². The largest absolute Gasteiger partial charge is 0.316 e. The van der Waals surface area contributed by atoms with Crippen LogP contribution >= 0.6 is 0 Å². The molecule has 3 heterocycles. The van der Waals surface area contributed by atoms with Crippen molar-refractivity contribution < 1.29 is 13.6 Å². The van der Waals surface area contributed by atoms with Crippen LogP contribution in [0.25, 0.3) is 5.65 Å². The normalized spacial score (nSPS) is 26.6. The molecule has 2 aromatic heterocycles. The molecule has 5 rings (SSSR count). The van der Waals surface area contributed by atoms with Crippen molar-refractivity contribution in [2.75, 3.05) is 18.4 Å². The van der Waals surface area contributed by atoms with E-state index in [1.165, 1.54) is 12.8 Å². The van der Waals surface area contributed by atoms with Crippen LogP contribution in [0, 0.1) is 11.3 Å². The maximum absolute atomic E-state index is 13.0. The smallest absolute Gasteiger partial charge is 0.260 e. The number of pyridine rings is 1. The van der Waals surface area contributed by atoms with Crippen molar-refractivity contribution in [1.29, 1.82) is 0 Å². The van der Waals surface area contributed by atoms with Gasteiger partial charge in [0.2, 0.25) is 11.9 Å². The zero-order valence-corrected chi connectivity index (χ0v) is 14.3. The minimum Gasteiger partial charge on any atom is -0.316 e. The Morgan fingerprint density at radius 1 is 1.27 bits per heavy atom. The Labute approximate surface area is 149 Å². The molecule has 1 saturated heterocycles. The quantitative estimate of drug-likeness (QED) is 0.881. The molecule has 0 unspecified atom stereocenters. The maximum Gasteiger partial charge on any atom is 0.260 e. The Morgan fingerprint density at radius 2 is 2.00 bits per heavy atom. The fourth-order valence-electron chi connectivity index (χ4n) is 4.34. The Bertz CT molecular complexity index is 866. The number of hydrogen-bond acceptors (Lipinski definition) is 4. The molecule has 1 spiro atoms. The number of alkyl halides is 2. The van der Waals surface area contributed by atoms with Gasteiger partial charge < -0.3 is 5.32 Å². The summed E-state index contributed by atoms with van der Waals surface area (Å²) < 4.78 is 27.8. The Kier molecular flexibility index (Phi) is 3.38. The van der Waals surface area contributed by atoms with Gasteiger partial charge in [-0.2, -0.15) is 4.98 Å². The number of rotatable bonds is 3. The van der Waals surface area contributed by atoms with Gasteiger partial charge in [-0.25, -0.2) is 13.3 Å². The molecule has 2 aromatic rings. The number of fused-ring (bicyclic) bond motifs is 1. The van der Waals surface area contributed by atoms with Crippen LogP contribution in [0.15, 0.2) is 18.2 Å². The van der Waals surface area contributed by atoms with Gasteiger partial charge in [0.05, 0.1) is 0 Å². The molecule has 138 valence electrons. The van der Waals surface area contributed by atoms with Crippen LogP contribution in [0.3, 0.4) is 0 Å². The van der Waals surface area contributed by atoms with Crippen LogP contribution in [-0.4, -0.2) is 39.5 Å². The highest BCUT2D eigenvalue weighted by atomic mass is 19.3. The zero-order valence-electron chi connectivity index (χ0n) is 14.3. The number of carbonyl (C=O) groups excluding carboxylic acids is 1. The number of hydrogen-bond donors (Lipinski definition) is 2. The number of amides is 1. The van der Waals surface area contributed by atoms with Gasteiger partial charge in [-0.3, -0.25) is 10.1 Å². The van der Waals surface area contributed by atoms with Gasteiger partial charge in [-0.05, 0) is 43.2 Å². The summed E-state index contributed by atoms with van der Waals surface area (Å²) >= 11 is 0. The van der Waals surface area contributed by atoms with Crippen molar-refractivity contribution in [2.24, 2.45) is 11.3 Å². The minimum atomic E-state index is -2.89.